The Balaban J connectivity index is 1.36. The number of hydrogen-bond donors (Lipinski definition) is 1. The summed E-state index contributed by atoms with van der Waals surface area (Å²) < 4.78 is 0. The summed E-state index contributed by atoms with van der Waals surface area (Å²) in [6.07, 6.45) is 3.81. The van der Waals surface area contributed by atoms with Crippen molar-refractivity contribution in [3.63, 3.8) is 0 Å². The van der Waals surface area contributed by atoms with Gasteiger partial charge in [0.05, 0.1) is 12.5 Å². The molecule has 6 nitrogen and oxygen atoms in total. The van der Waals surface area contributed by atoms with Gasteiger partial charge in [-0.15, -0.1) is 0 Å². The molecule has 0 unspecified atom stereocenters. The Kier molecular flexibility index (Phi) is 5.16. The van der Waals surface area contributed by atoms with Crippen molar-refractivity contribution in [2.45, 2.75) is 24.9 Å². The predicted octanol–water partition coefficient (Wildman–Crippen LogP) is 1.40. The van der Waals surface area contributed by atoms with E-state index >= 15 is 0 Å². The number of nitrogens with zero attached hydrogens (tertiary/aromatic N) is 3. The van der Waals surface area contributed by atoms with Crippen molar-refractivity contribution in [2.24, 2.45) is 0 Å². The second-order valence-corrected chi connectivity index (χ2v) is 7.24. The molecule has 27 heavy (non-hydrogen) atoms. The zero-order valence-electron chi connectivity index (χ0n) is 15.3. The summed E-state index contributed by atoms with van der Waals surface area (Å²) in [5.74, 6) is 0.384. The van der Waals surface area contributed by atoms with Crippen molar-refractivity contribution in [3.05, 3.63) is 66.0 Å². The molecule has 6 heteroatoms. The van der Waals surface area contributed by atoms with E-state index in [1.807, 2.05) is 35.2 Å². The van der Waals surface area contributed by atoms with Gasteiger partial charge in [-0.3, -0.25) is 19.5 Å². The standard InChI is InChI=1S/C21H24N4O2/c26-20(25-14-18(15-25)17-6-8-22-9-7-17)12-19-21(27)23-10-11-24(19)13-16-4-2-1-3-5-16/h1-9,18-19H,10-15H2,(H,23,27)/t19-/m0/s1. The second kappa shape index (κ2) is 7.88. The van der Waals surface area contributed by atoms with E-state index in [4.69, 9.17) is 0 Å². The van der Waals surface area contributed by atoms with Gasteiger partial charge in [-0.1, -0.05) is 30.3 Å². The maximum absolute atomic E-state index is 12.7. The molecule has 3 heterocycles. The van der Waals surface area contributed by atoms with Crippen molar-refractivity contribution in [3.8, 4) is 0 Å². The van der Waals surface area contributed by atoms with Gasteiger partial charge in [0, 0.05) is 51.0 Å². The lowest BCUT2D eigenvalue weighted by molar-refractivity contribution is -0.142. The normalized spacial score (nSPS) is 20.8. The maximum atomic E-state index is 12.7. The minimum Gasteiger partial charge on any atom is -0.353 e. The van der Waals surface area contributed by atoms with Crippen LogP contribution in [-0.4, -0.2) is 58.8 Å². The summed E-state index contributed by atoms with van der Waals surface area (Å²) in [7, 11) is 0. The van der Waals surface area contributed by atoms with E-state index in [1.165, 1.54) is 5.56 Å². The molecule has 1 aromatic carbocycles. The molecule has 2 amide bonds. The molecule has 4 rings (SSSR count). The third-order valence-electron chi connectivity index (χ3n) is 5.45. The molecule has 2 saturated heterocycles. The van der Waals surface area contributed by atoms with E-state index in [0.717, 1.165) is 25.2 Å². The van der Waals surface area contributed by atoms with E-state index < -0.39 is 6.04 Å². The number of aromatic nitrogens is 1. The van der Waals surface area contributed by atoms with Crippen LogP contribution >= 0.6 is 0 Å². The lowest BCUT2D eigenvalue weighted by Gasteiger charge is -2.41. The monoisotopic (exact) mass is 364 g/mol. The number of amides is 2. The van der Waals surface area contributed by atoms with Gasteiger partial charge < -0.3 is 10.2 Å². The van der Waals surface area contributed by atoms with E-state index in [-0.39, 0.29) is 18.2 Å². The van der Waals surface area contributed by atoms with Crippen LogP contribution in [0, 0.1) is 0 Å². The summed E-state index contributed by atoms with van der Waals surface area (Å²) in [4.78, 5) is 33.1. The SMILES string of the molecule is O=C1NCCN(Cc2ccccc2)[C@H]1CC(=O)N1CC(c2ccncc2)C1. The first kappa shape index (κ1) is 17.7. The molecule has 0 radical (unpaired) electrons. The average molecular weight is 364 g/mol. The summed E-state index contributed by atoms with van der Waals surface area (Å²) in [6.45, 7) is 3.51. The number of rotatable bonds is 5. The molecule has 1 atom stereocenters. The topological polar surface area (TPSA) is 65.5 Å². The number of benzene rings is 1. The molecule has 0 saturated carbocycles. The van der Waals surface area contributed by atoms with Gasteiger partial charge in [-0.05, 0) is 23.3 Å². The zero-order chi connectivity index (χ0) is 18.6. The summed E-state index contributed by atoms with van der Waals surface area (Å²) in [5, 5.41) is 2.90. The number of carbonyl (C=O) groups excluding carboxylic acids is 2. The van der Waals surface area contributed by atoms with E-state index in [1.54, 1.807) is 12.4 Å². The number of nitrogens with one attached hydrogen (secondary N) is 1. The van der Waals surface area contributed by atoms with Crippen molar-refractivity contribution in [2.75, 3.05) is 26.2 Å². The van der Waals surface area contributed by atoms with Gasteiger partial charge in [-0.25, -0.2) is 0 Å². The van der Waals surface area contributed by atoms with E-state index in [2.05, 4.69) is 27.3 Å². The fourth-order valence-corrected chi connectivity index (χ4v) is 3.81. The number of likely N-dealkylation sites (tertiary alicyclic amines) is 1. The van der Waals surface area contributed by atoms with Crippen molar-refractivity contribution in [1.29, 1.82) is 0 Å². The van der Waals surface area contributed by atoms with Gasteiger partial charge >= 0.3 is 0 Å². The molecule has 0 spiro atoms. The first-order valence-electron chi connectivity index (χ1n) is 9.44. The molecule has 2 aromatic rings. The highest BCUT2D eigenvalue weighted by molar-refractivity contribution is 5.89. The highest BCUT2D eigenvalue weighted by Gasteiger charge is 2.37. The van der Waals surface area contributed by atoms with E-state index in [9.17, 15) is 9.59 Å². The Morgan fingerprint density at radius 3 is 2.59 bits per heavy atom. The number of hydrogen-bond acceptors (Lipinski definition) is 4. The maximum Gasteiger partial charge on any atom is 0.237 e. The average Bonchev–Trinajstić information content (AvgIpc) is 2.65. The molecule has 1 N–H and O–H groups in total. The van der Waals surface area contributed by atoms with Crippen LogP contribution < -0.4 is 5.32 Å². The summed E-state index contributed by atoms with van der Waals surface area (Å²) in [5.41, 5.74) is 2.38. The number of carbonyl (C=O) groups is 2. The second-order valence-electron chi connectivity index (χ2n) is 7.24. The quantitative estimate of drug-likeness (QED) is 0.871. The molecule has 2 aliphatic heterocycles. The Hall–Kier alpha value is -2.73. The molecule has 0 aliphatic carbocycles. The predicted molar refractivity (Wildman–Crippen MR) is 102 cm³/mol. The zero-order valence-corrected chi connectivity index (χ0v) is 15.3. The van der Waals surface area contributed by atoms with Crippen LogP contribution in [0.4, 0.5) is 0 Å². The Morgan fingerprint density at radius 2 is 1.85 bits per heavy atom. The molecule has 2 aliphatic rings. The van der Waals surface area contributed by atoms with Crippen molar-refractivity contribution < 1.29 is 9.59 Å². The molecule has 2 fully saturated rings. The van der Waals surface area contributed by atoms with Gasteiger partial charge in [0.1, 0.15) is 0 Å². The van der Waals surface area contributed by atoms with Gasteiger partial charge in [0.2, 0.25) is 11.8 Å². The lowest BCUT2D eigenvalue weighted by Crippen LogP contribution is -2.57. The number of piperazine rings is 1. The first-order chi connectivity index (χ1) is 13.2. The minimum atomic E-state index is -0.397. The Morgan fingerprint density at radius 1 is 1.11 bits per heavy atom. The third-order valence-corrected chi connectivity index (χ3v) is 5.45. The fourth-order valence-electron chi connectivity index (χ4n) is 3.81. The van der Waals surface area contributed by atoms with Crippen LogP contribution in [-0.2, 0) is 16.1 Å². The summed E-state index contributed by atoms with van der Waals surface area (Å²) >= 11 is 0. The van der Waals surface area contributed by atoms with Crippen LogP contribution in [0.25, 0.3) is 0 Å². The van der Waals surface area contributed by atoms with Gasteiger partial charge in [0.25, 0.3) is 0 Å². The third kappa shape index (κ3) is 4.01. The fraction of sp³-hybridized carbons (Fsp3) is 0.381. The van der Waals surface area contributed by atoms with Crippen molar-refractivity contribution >= 4 is 11.8 Å². The molecule has 0 bridgehead atoms. The largest absolute Gasteiger partial charge is 0.353 e. The van der Waals surface area contributed by atoms with Crippen LogP contribution in [0.2, 0.25) is 0 Å². The van der Waals surface area contributed by atoms with Crippen LogP contribution in [0.1, 0.15) is 23.5 Å². The smallest absolute Gasteiger partial charge is 0.237 e. The Bertz CT molecular complexity index is 790. The Labute approximate surface area is 159 Å². The van der Waals surface area contributed by atoms with E-state index in [0.29, 0.717) is 19.0 Å². The molecule has 1 aromatic heterocycles. The highest BCUT2D eigenvalue weighted by atomic mass is 16.2. The van der Waals surface area contributed by atoms with Crippen LogP contribution in [0.5, 0.6) is 0 Å². The van der Waals surface area contributed by atoms with Crippen molar-refractivity contribution in [1.82, 2.24) is 20.1 Å². The summed E-state index contributed by atoms with van der Waals surface area (Å²) in [6, 6.07) is 13.7. The molecule has 140 valence electrons. The molecular weight excluding hydrogens is 340 g/mol. The highest BCUT2D eigenvalue weighted by Crippen LogP contribution is 2.27. The van der Waals surface area contributed by atoms with Gasteiger partial charge in [-0.2, -0.15) is 0 Å². The van der Waals surface area contributed by atoms with Gasteiger partial charge in [0.15, 0.2) is 0 Å². The van der Waals surface area contributed by atoms with Crippen LogP contribution in [0.15, 0.2) is 54.9 Å². The first-order valence-corrected chi connectivity index (χ1v) is 9.44. The lowest BCUT2D eigenvalue weighted by atomic mass is 9.91. The minimum absolute atomic E-state index is 0.0447. The van der Waals surface area contributed by atoms with Crippen LogP contribution in [0.3, 0.4) is 0 Å². The molecular formula is C21H24N4O2. The number of pyridine rings is 1.